The van der Waals surface area contributed by atoms with Gasteiger partial charge in [0.1, 0.15) is 5.03 Å². The molecule has 0 bridgehead atoms. The van der Waals surface area contributed by atoms with Gasteiger partial charge >= 0.3 is 6.18 Å². The molecule has 7 heteroatoms. The molecule has 3 nitrogen and oxygen atoms in total. The summed E-state index contributed by atoms with van der Waals surface area (Å²) < 4.78 is 36.3. The Hall–Kier alpha value is -1.56. The first-order chi connectivity index (χ1) is 7.32. The molecule has 0 aliphatic carbocycles. The Morgan fingerprint density at radius 3 is 2.44 bits per heavy atom. The molecule has 0 radical (unpaired) electrons. The van der Waals surface area contributed by atoms with E-state index in [1.54, 1.807) is 0 Å². The summed E-state index contributed by atoms with van der Waals surface area (Å²) in [4.78, 5) is 9.73. The van der Waals surface area contributed by atoms with Gasteiger partial charge in [-0.2, -0.15) is 13.2 Å². The minimum Gasteiger partial charge on any atom is -0.258 e. The van der Waals surface area contributed by atoms with Crippen LogP contribution >= 0.6 is 11.6 Å². The van der Waals surface area contributed by atoms with Gasteiger partial charge in [0.2, 0.25) is 0 Å². The smallest absolute Gasteiger partial charge is 0.258 e. The number of nitrogens with zero attached hydrogens (tertiary/aromatic N) is 1. The molecule has 1 aromatic rings. The Bertz CT molecular complexity index is 443. The van der Waals surface area contributed by atoms with Gasteiger partial charge in [0.15, 0.2) is 0 Å². The fourth-order valence-corrected chi connectivity index (χ4v) is 1.11. The molecule has 1 aromatic carbocycles. The van der Waals surface area contributed by atoms with E-state index in [4.69, 9.17) is 11.6 Å². The van der Waals surface area contributed by atoms with Gasteiger partial charge in [0.25, 0.3) is 5.69 Å². The molecule has 86 valence electrons. The van der Waals surface area contributed by atoms with E-state index in [0.717, 1.165) is 6.07 Å². The van der Waals surface area contributed by atoms with Gasteiger partial charge in [-0.15, -0.1) is 0 Å². The third-order valence-corrected chi connectivity index (χ3v) is 2.01. The zero-order valence-corrected chi connectivity index (χ0v) is 8.42. The molecule has 0 saturated heterocycles. The number of allylic oxidation sites excluding steroid dienone is 1. The molecular formula is C9H5ClF3NO2. The molecule has 0 aliphatic heterocycles. The normalized spacial score (nSPS) is 12.6. The van der Waals surface area contributed by atoms with Crippen LogP contribution in [0.1, 0.15) is 5.56 Å². The van der Waals surface area contributed by atoms with Gasteiger partial charge in [-0.05, 0) is 12.1 Å². The molecule has 16 heavy (non-hydrogen) atoms. The fraction of sp³-hybridized carbons (Fsp3) is 0.111. The average molecular weight is 252 g/mol. The number of benzene rings is 1. The minimum atomic E-state index is -4.70. The number of rotatable bonds is 2. The summed E-state index contributed by atoms with van der Waals surface area (Å²) in [5.41, 5.74) is -0.611. The van der Waals surface area contributed by atoms with Crippen LogP contribution in [-0.4, -0.2) is 11.1 Å². The second kappa shape index (κ2) is 4.52. The maximum absolute atomic E-state index is 12.1. The Labute approximate surface area is 93.3 Å². The van der Waals surface area contributed by atoms with Gasteiger partial charge in [0, 0.05) is 6.07 Å². The highest BCUT2D eigenvalue weighted by Crippen LogP contribution is 2.32. The van der Waals surface area contributed by atoms with Crippen LogP contribution in [-0.2, 0) is 0 Å². The molecule has 0 heterocycles. The lowest BCUT2D eigenvalue weighted by atomic mass is 10.1. The van der Waals surface area contributed by atoms with Crippen molar-refractivity contribution in [2.24, 2.45) is 0 Å². The number of nitro benzene ring substituents is 1. The van der Waals surface area contributed by atoms with E-state index < -0.39 is 21.8 Å². The molecule has 0 N–H and O–H groups in total. The van der Waals surface area contributed by atoms with E-state index in [2.05, 4.69) is 0 Å². The van der Waals surface area contributed by atoms with E-state index >= 15 is 0 Å². The van der Waals surface area contributed by atoms with Crippen LogP contribution in [0, 0.1) is 10.1 Å². The highest BCUT2D eigenvalue weighted by atomic mass is 35.5. The molecule has 0 spiro atoms. The molecule has 1 rings (SSSR count). The number of halogens is 4. The molecular weight excluding hydrogens is 247 g/mol. The quantitative estimate of drug-likeness (QED) is 0.594. The summed E-state index contributed by atoms with van der Waals surface area (Å²) in [6.45, 7) is 0. The van der Waals surface area contributed by atoms with Gasteiger partial charge < -0.3 is 0 Å². The number of hydrogen-bond acceptors (Lipinski definition) is 2. The van der Waals surface area contributed by atoms with Crippen LogP contribution in [0.15, 0.2) is 29.3 Å². The Balaban J connectivity index is 3.20. The Morgan fingerprint density at radius 2 is 1.94 bits per heavy atom. The van der Waals surface area contributed by atoms with Crippen molar-refractivity contribution in [2.75, 3.05) is 0 Å². The van der Waals surface area contributed by atoms with Crippen LogP contribution in [0.25, 0.3) is 6.08 Å². The zero-order valence-electron chi connectivity index (χ0n) is 7.66. The second-order valence-corrected chi connectivity index (χ2v) is 3.21. The summed E-state index contributed by atoms with van der Waals surface area (Å²) >= 11 is 4.98. The van der Waals surface area contributed by atoms with E-state index in [0.29, 0.717) is 6.08 Å². The van der Waals surface area contributed by atoms with Crippen LogP contribution in [0.4, 0.5) is 18.9 Å². The van der Waals surface area contributed by atoms with E-state index in [-0.39, 0.29) is 5.56 Å². The fourth-order valence-electron chi connectivity index (χ4n) is 0.994. The summed E-state index contributed by atoms with van der Waals surface area (Å²) in [5.74, 6) is 0. The predicted octanol–water partition coefficient (Wildman–Crippen LogP) is 3.74. The zero-order chi connectivity index (χ0) is 12.3. The van der Waals surface area contributed by atoms with Crippen molar-refractivity contribution >= 4 is 23.4 Å². The monoisotopic (exact) mass is 251 g/mol. The van der Waals surface area contributed by atoms with Crippen molar-refractivity contribution < 1.29 is 18.1 Å². The molecule has 0 atom stereocenters. The summed E-state index contributed by atoms with van der Waals surface area (Å²) in [5, 5.41) is 9.10. The lowest BCUT2D eigenvalue weighted by Crippen LogP contribution is -2.06. The molecule has 0 unspecified atom stereocenters. The highest BCUT2D eigenvalue weighted by molar-refractivity contribution is 6.32. The van der Waals surface area contributed by atoms with E-state index in [9.17, 15) is 23.3 Å². The second-order valence-electron chi connectivity index (χ2n) is 2.81. The first kappa shape index (κ1) is 12.5. The lowest BCUT2D eigenvalue weighted by molar-refractivity contribution is -0.385. The SMILES string of the molecule is O=[N+]([O-])c1ccccc1/C=C(\Cl)C(F)(F)F. The van der Waals surface area contributed by atoms with E-state index in [1.807, 2.05) is 0 Å². The summed E-state index contributed by atoms with van der Waals surface area (Å²) in [6.07, 6.45) is -4.18. The first-order valence-electron chi connectivity index (χ1n) is 4.00. The molecule has 0 aliphatic rings. The maximum atomic E-state index is 12.1. The summed E-state index contributed by atoms with van der Waals surface area (Å²) in [6, 6.07) is 5.04. The van der Waals surface area contributed by atoms with Crippen molar-refractivity contribution in [1.82, 2.24) is 0 Å². The first-order valence-corrected chi connectivity index (χ1v) is 4.38. The topological polar surface area (TPSA) is 43.1 Å². The van der Waals surface area contributed by atoms with Crippen molar-refractivity contribution in [3.63, 3.8) is 0 Å². The third kappa shape index (κ3) is 2.96. The third-order valence-electron chi connectivity index (χ3n) is 1.69. The predicted molar refractivity (Wildman–Crippen MR) is 53.0 cm³/mol. The van der Waals surface area contributed by atoms with Crippen LogP contribution in [0.2, 0.25) is 0 Å². The van der Waals surface area contributed by atoms with Crippen molar-refractivity contribution in [1.29, 1.82) is 0 Å². The van der Waals surface area contributed by atoms with Gasteiger partial charge in [-0.3, -0.25) is 10.1 Å². The minimum absolute atomic E-state index is 0.185. The molecule has 0 amide bonds. The van der Waals surface area contributed by atoms with Gasteiger partial charge in [0.05, 0.1) is 10.5 Å². The number of alkyl halides is 3. The van der Waals surface area contributed by atoms with Crippen molar-refractivity contribution in [3.8, 4) is 0 Å². The largest absolute Gasteiger partial charge is 0.426 e. The van der Waals surface area contributed by atoms with Crippen molar-refractivity contribution in [3.05, 3.63) is 45.0 Å². The Morgan fingerprint density at radius 1 is 1.38 bits per heavy atom. The standard InChI is InChI=1S/C9H5ClF3NO2/c10-8(9(11,12)13)5-6-3-1-2-4-7(6)14(15)16/h1-5H/b8-5-. The van der Waals surface area contributed by atoms with Gasteiger partial charge in [-0.1, -0.05) is 23.7 Å². The van der Waals surface area contributed by atoms with Crippen LogP contribution < -0.4 is 0 Å². The number of para-hydroxylation sites is 1. The lowest BCUT2D eigenvalue weighted by Gasteiger charge is -2.04. The van der Waals surface area contributed by atoms with E-state index in [1.165, 1.54) is 18.2 Å². The molecule has 0 saturated carbocycles. The molecule has 0 aromatic heterocycles. The average Bonchev–Trinajstić information content (AvgIpc) is 2.16. The highest BCUT2D eigenvalue weighted by Gasteiger charge is 2.32. The van der Waals surface area contributed by atoms with Crippen molar-refractivity contribution in [2.45, 2.75) is 6.18 Å². The number of nitro groups is 1. The maximum Gasteiger partial charge on any atom is 0.426 e. The molecule has 0 fully saturated rings. The van der Waals surface area contributed by atoms with Crippen LogP contribution in [0.3, 0.4) is 0 Å². The Kier molecular flexibility index (Phi) is 3.54. The summed E-state index contributed by atoms with van der Waals surface area (Å²) in [7, 11) is 0. The number of hydrogen-bond donors (Lipinski definition) is 0. The van der Waals surface area contributed by atoms with Gasteiger partial charge in [-0.25, -0.2) is 0 Å². The van der Waals surface area contributed by atoms with Crippen LogP contribution in [0.5, 0.6) is 0 Å².